The van der Waals surface area contributed by atoms with Gasteiger partial charge in [-0.25, -0.2) is 0 Å². The standard InChI is InChI=1S/C15H15NO4.ClH/c1-19-14-5-6-15(11(7-14)8-17)20-10-13-4-2-3-12(9-18)16-13;/h2-8,18H,9-10H2,1H3;1H. The molecule has 0 fully saturated rings. The molecule has 0 saturated heterocycles. The van der Waals surface area contributed by atoms with Gasteiger partial charge in [-0.1, -0.05) is 6.07 Å². The van der Waals surface area contributed by atoms with Gasteiger partial charge >= 0.3 is 0 Å². The minimum Gasteiger partial charge on any atom is -0.497 e. The van der Waals surface area contributed by atoms with E-state index in [-0.39, 0.29) is 25.6 Å². The van der Waals surface area contributed by atoms with Crippen LogP contribution in [0.2, 0.25) is 0 Å². The van der Waals surface area contributed by atoms with Gasteiger partial charge in [-0.05, 0) is 30.3 Å². The quantitative estimate of drug-likeness (QED) is 0.830. The summed E-state index contributed by atoms with van der Waals surface area (Å²) in [6, 6.07) is 10.3. The molecule has 0 spiro atoms. The van der Waals surface area contributed by atoms with Crippen LogP contribution in [0.1, 0.15) is 21.7 Å². The smallest absolute Gasteiger partial charge is 0.153 e. The number of pyridine rings is 1. The summed E-state index contributed by atoms with van der Waals surface area (Å²) in [6.07, 6.45) is 0.718. The van der Waals surface area contributed by atoms with Gasteiger partial charge in [-0.3, -0.25) is 9.78 Å². The van der Waals surface area contributed by atoms with E-state index in [1.807, 2.05) is 0 Å². The molecular formula is C15H16ClNO4. The number of halogens is 1. The van der Waals surface area contributed by atoms with Crippen LogP contribution < -0.4 is 9.47 Å². The molecule has 5 nitrogen and oxygen atoms in total. The first-order valence-corrected chi connectivity index (χ1v) is 6.08. The Morgan fingerprint density at radius 2 is 2.00 bits per heavy atom. The van der Waals surface area contributed by atoms with Crippen LogP contribution in [-0.4, -0.2) is 23.5 Å². The van der Waals surface area contributed by atoms with Gasteiger partial charge in [0.15, 0.2) is 6.29 Å². The fourth-order valence-corrected chi connectivity index (χ4v) is 1.73. The van der Waals surface area contributed by atoms with Crippen LogP contribution in [0.15, 0.2) is 36.4 Å². The van der Waals surface area contributed by atoms with Crippen molar-refractivity contribution in [2.45, 2.75) is 13.2 Å². The Labute approximate surface area is 129 Å². The van der Waals surface area contributed by atoms with Crippen LogP contribution in [0, 0.1) is 0 Å². The summed E-state index contributed by atoms with van der Waals surface area (Å²) in [6.45, 7) is 0.108. The maximum Gasteiger partial charge on any atom is 0.153 e. The topological polar surface area (TPSA) is 68.7 Å². The highest BCUT2D eigenvalue weighted by atomic mass is 35.5. The fraction of sp³-hybridized carbons (Fsp3) is 0.200. The van der Waals surface area contributed by atoms with Crippen LogP contribution in [-0.2, 0) is 13.2 Å². The second-order valence-electron chi connectivity index (χ2n) is 4.09. The zero-order valence-electron chi connectivity index (χ0n) is 11.5. The van der Waals surface area contributed by atoms with Crippen molar-refractivity contribution >= 4 is 18.7 Å². The summed E-state index contributed by atoms with van der Waals surface area (Å²) in [5, 5.41) is 9.02. The predicted molar refractivity (Wildman–Crippen MR) is 80.1 cm³/mol. The molecule has 0 unspecified atom stereocenters. The molecule has 0 amide bonds. The number of carbonyl (C=O) groups is 1. The fourth-order valence-electron chi connectivity index (χ4n) is 1.73. The highest BCUT2D eigenvalue weighted by Crippen LogP contribution is 2.23. The number of carbonyl (C=O) groups excluding carboxylic acids is 1. The van der Waals surface area contributed by atoms with Gasteiger partial charge in [-0.2, -0.15) is 0 Å². The minimum absolute atomic E-state index is 0. The first kappa shape index (κ1) is 16.9. The van der Waals surface area contributed by atoms with Crippen molar-refractivity contribution in [3.05, 3.63) is 53.3 Å². The van der Waals surface area contributed by atoms with E-state index in [1.165, 1.54) is 7.11 Å². The number of methoxy groups -OCH3 is 1. The van der Waals surface area contributed by atoms with Gasteiger partial charge in [0.1, 0.15) is 18.1 Å². The second-order valence-corrected chi connectivity index (χ2v) is 4.09. The third kappa shape index (κ3) is 4.44. The normalized spacial score (nSPS) is 9.62. The summed E-state index contributed by atoms with van der Waals surface area (Å²) in [4.78, 5) is 15.2. The van der Waals surface area contributed by atoms with Crippen molar-refractivity contribution < 1.29 is 19.4 Å². The third-order valence-corrected chi connectivity index (χ3v) is 2.75. The molecule has 1 aromatic carbocycles. The van der Waals surface area contributed by atoms with E-state index in [0.29, 0.717) is 28.5 Å². The van der Waals surface area contributed by atoms with E-state index in [2.05, 4.69) is 4.98 Å². The third-order valence-electron chi connectivity index (χ3n) is 2.75. The van der Waals surface area contributed by atoms with Crippen LogP contribution in [0.3, 0.4) is 0 Å². The lowest BCUT2D eigenvalue weighted by Crippen LogP contribution is -2.02. The average molecular weight is 310 g/mol. The number of aldehydes is 1. The van der Waals surface area contributed by atoms with Crippen LogP contribution >= 0.6 is 12.4 Å². The summed E-state index contributed by atoms with van der Waals surface area (Å²) in [7, 11) is 1.54. The number of aromatic nitrogens is 1. The number of nitrogens with zero attached hydrogens (tertiary/aromatic N) is 1. The van der Waals surface area contributed by atoms with Gasteiger partial charge in [-0.15, -0.1) is 12.4 Å². The largest absolute Gasteiger partial charge is 0.497 e. The van der Waals surface area contributed by atoms with E-state index in [0.717, 1.165) is 6.29 Å². The van der Waals surface area contributed by atoms with E-state index < -0.39 is 0 Å². The first-order valence-electron chi connectivity index (χ1n) is 6.08. The molecule has 1 heterocycles. The van der Waals surface area contributed by atoms with Crippen LogP contribution in [0.25, 0.3) is 0 Å². The maximum absolute atomic E-state index is 11.0. The minimum atomic E-state index is -0.115. The van der Waals surface area contributed by atoms with Crippen molar-refractivity contribution in [2.24, 2.45) is 0 Å². The molecule has 0 radical (unpaired) electrons. The molecule has 1 aromatic heterocycles. The van der Waals surface area contributed by atoms with E-state index >= 15 is 0 Å². The monoisotopic (exact) mass is 309 g/mol. The number of benzene rings is 1. The van der Waals surface area contributed by atoms with Gasteiger partial charge in [0, 0.05) is 0 Å². The van der Waals surface area contributed by atoms with Crippen LogP contribution in [0.5, 0.6) is 11.5 Å². The van der Waals surface area contributed by atoms with Gasteiger partial charge in [0.05, 0.1) is 30.7 Å². The van der Waals surface area contributed by atoms with Crippen molar-refractivity contribution in [2.75, 3.05) is 7.11 Å². The second kappa shape index (κ2) is 8.24. The average Bonchev–Trinajstić information content (AvgIpc) is 2.52. The molecule has 21 heavy (non-hydrogen) atoms. The SMILES string of the molecule is COc1ccc(OCc2cccc(CO)n2)c(C=O)c1.Cl. The van der Waals surface area contributed by atoms with Gasteiger partial charge in [0.2, 0.25) is 0 Å². The number of hydrogen-bond donors (Lipinski definition) is 1. The van der Waals surface area contributed by atoms with Crippen molar-refractivity contribution in [3.8, 4) is 11.5 Å². The van der Waals surface area contributed by atoms with E-state index in [9.17, 15) is 4.79 Å². The number of aliphatic hydroxyl groups is 1. The molecule has 2 aromatic rings. The Bertz CT molecular complexity index is 604. The molecular weight excluding hydrogens is 294 g/mol. The summed E-state index contributed by atoms with van der Waals surface area (Å²) in [5.74, 6) is 1.07. The molecule has 1 N–H and O–H groups in total. The number of ether oxygens (including phenoxy) is 2. The molecule has 2 rings (SSSR count). The predicted octanol–water partition coefficient (Wildman–Crippen LogP) is 2.40. The van der Waals surface area contributed by atoms with Crippen LogP contribution in [0.4, 0.5) is 0 Å². The van der Waals surface area contributed by atoms with E-state index in [4.69, 9.17) is 14.6 Å². The molecule has 0 atom stereocenters. The zero-order valence-corrected chi connectivity index (χ0v) is 12.3. The van der Waals surface area contributed by atoms with Crippen molar-refractivity contribution in [1.29, 1.82) is 0 Å². The molecule has 0 aliphatic heterocycles. The number of hydrogen-bond acceptors (Lipinski definition) is 5. The Morgan fingerprint density at radius 1 is 1.24 bits per heavy atom. The van der Waals surface area contributed by atoms with E-state index in [1.54, 1.807) is 36.4 Å². The van der Waals surface area contributed by atoms with Gasteiger partial charge < -0.3 is 14.6 Å². The number of rotatable bonds is 6. The molecule has 0 aliphatic rings. The lowest BCUT2D eigenvalue weighted by molar-refractivity contribution is 0.111. The Kier molecular flexibility index (Phi) is 6.65. The lowest BCUT2D eigenvalue weighted by atomic mass is 10.2. The Hall–Kier alpha value is -2.11. The molecule has 0 saturated carbocycles. The zero-order chi connectivity index (χ0) is 14.4. The summed E-state index contributed by atoms with van der Waals surface area (Å²) >= 11 is 0. The summed E-state index contributed by atoms with van der Waals surface area (Å²) < 4.78 is 10.6. The molecule has 0 bridgehead atoms. The first-order chi connectivity index (χ1) is 9.76. The number of aliphatic hydroxyl groups excluding tert-OH is 1. The Balaban J connectivity index is 0.00000220. The Morgan fingerprint density at radius 3 is 2.67 bits per heavy atom. The molecule has 112 valence electrons. The van der Waals surface area contributed by atoms with Gasteiger partial charge in [0.25, 0.3) is 0 Å². The highest BCUT2D eigenvalue weighted by molar-refractivity contribution is 5.85. The van der Waals surface area contributed by atoms with Crippen molar-refractivity contribution in [3.63, 3.8) is 0 Å². The van der Waals surface area contributed by atoms with Crippen molar-refractivity contribution in [1.82, 2.24) is 4.98 Å². The maximum atomic E-state index is 11.0. The lowest BCUT2D eigenvalue weighted by Gasteiger charge is -2.10. The highest BCUT2D eigenvalue weighted by Gasteiger charge is 2.06. The molecule has 6 heteroatoms. The molecule has 0 aliphatic carbocycles. The summed E-state index contributed by atoms with van der Waals surface area (Å²) in [5.41, 5.74) is 1.68.